The zero-order valence-corrected chi connectivity index (χ0v) is 12.2. The Kier molecular flexibility index (Phi) is 4.14. The van der Waals surface area contributed by atoms with E-state index < -0.39 is 5.97 Å². The molecule has 0 fully saturated rings. The van der Waals surface area contributed by atoms with Crippen LogP contribution < -0.4 is 15.2 Å². The van der Waals surface area contributed by atoms with Crippen LogP contribution in [0, 0.1) is 0 Å². The summed E-state index contributed by atoms with van der Waals surface area (Å²) in [6.07, 6.45) is 0. The number of hydrogen-bond acceptors (Lipinski definition) is 4. The zero-order valence-electron chi connectivity index (χ0n) is 10.6. The molecule has 0 atom stereocenters. The quantitative estimate of drug-likeness (QED) is 0.834. The first kappa shape index (κ1) is 14.2. The maximum Gasteiger partial charge on any atom is 0.337 e. The molecule has 0 aliphatic carbocycles. The lowest BCUT2D eigenvalue weighted by Crippen LogP contribution is -2.02. The lowest BCUT2D eigenvalue weighted by atomic mass is 10.2. The summed E-state index contributed by atoms with van der Waals surface area (Å²) in [5, 5.41) is 9.02. The van der Waals surface area contributed by atoms with E-state index in [4.69, 9.17) is 20.3 Å². The van der Waals surface area contributed by atoms with Gasteiger partial charge in [-0.3, -0.25) is 0 Å². The van der Waals surface area contributed by atoms with Crippen molar-refractivity contribution in [3.05, 3.63) is 46.4 Å². The monoisotopic (exact) mass is 337 g/mol. The molecule has 0 aliphatic rings. The molecule has 2 aromatic carbocycles. The van der Waals surface area contributed by atoms with Crippen molar-refractivity contribution in [3.63, 3.8) is 0 Å². The Balaban J connectivity index is 2.30. The molecule has 0 bridgehead atoms. The minimum Gasteiger partial charge on any atom is -0.497 e. The van der Waals surface area contributed by atoms with E-state index >= 15 is 0 Å². The molecule has 20 heavy (non-hydrogen) atoms. The smallest absolute Gasteiger partial charge is 0.337 e. The number of halogens is 1. The maximum absolute atomic E-state index is 11.0. The Morgan fingerprint density at radius 3 is 2.50 bits per heavy atom. The molecule has 0 amide bonds. The van der Waals surface area contributed by atoms with Gasteiger partial charge in [0.1, 0.15) is 17.2 Å². The largest absolute Gasteiger partial charge is 0.497 e. The number of nitrogen functional groups attached to an aromatic ring is 1. The topological polar surface area (TPSA) is 81.8 Å². The van der Waals surface area contributed by atoms with E-state index in [1.54, 1.807) is 31.4 Å². The summed E-state index contributed by atoms with van der Waals surface area (Å²) in [6, 6.07) is 9.71. The first-order valence-electron chi connectivity index (χ1n) is 5.65. The van der Waals surface area contributed by atoms with Crippen molar-refractivity contribution in [3.8, 4) is 17.2 Å². The number of hydrogen-bond donors (Lipinski definition) is 2. The molecule has 5 nitrogen and oxygen atoms in total. The van der Waals surface area contributed by atoms with Crippen LogP contribution in [0.5, 0.6) is 17.2 Å². The van der Waals surface area contributed by atoms with E-state index in [0.717, 1.165) is 0 Å². The van der Waals surface area contributed by atoms with Crippen LogP contribution >= 0.6 is 15.9 Å². The van der Waals surface area contributed by atoms with Gasteiger partial charge in [-0.05, 0) is 52.3 Å². The lowest BCUT2D eigenvalue weighted by molar-refractivity contribution is 0.0697. The molecular weight excluding hydrogens is 326 g/mol. The predicted octanol–water partition coefficient (Wildman–Crippen LogP) is 3.53. The fourth-order valence-corrected chi connectivity index (χ4v) is 2.04. The highest BCUT2D eigenvalue weighted by atomic mass is 79.9. The van der Waals surface area contributed by atoms with Gasteiger partial charge in [0.2, 0.25) is 0 Å². The summed E-state index contributed by atoms with van der Waals surface area (Å²) < 4.78 is 11.4. The number of anilines is 1. The standard InChI is InChI=1S/C14H12BrNO4/c1-19-8-3-5-13(11(15)7-8)20-9-2-4-12(16)10(6-9)14(17)18/h2-7H,16H2,1H3,(H,17,18). The third-order valence-electron chi connectivity index (χ3n) is 2.62. The number of rotatable bonds is 4. The van der Waals surface area contributed by atoms with Crippen LogP contribution in [0.4, 0.5) is 5.69 Å². The Hall–Kier alpha value is -2.21. The van der Waals surface area contributed by atoms with Gasteiger partial charge in [0.25, 0.3) is 0 Å². The summed E-state index contributed by atoms with van der Waals surface area (Å²) in [7, 11) is 1.57. The lowest BCUT2D eigenvalue weighted by Gasteiger charge is -2.10. The first-order valence-corrected chi connectivity index (χ1v) is 6.45. The first-order chi connectivity index (χ1) is 9.51. The van der Waals surface area contributed by atoms with E-state index in [9.17, 15) is 4.79 Å². The van der Waals surface area contributed by atoms with Crippen LogP contribution in [0.3, 0.4) is 0 Å². The van der Waals surface area contributed by atoms with Crippen molar-refractivity contribution < 1.29 is 19.4 Å². The summed E-state index contributed by atoms with van der Waals surface area (Å²) in [5.74, 6) is 0.531. The highest BCUT2D eigenvalue weighted by Crippen LogP contribution is 2.33. The number of carboxylic acid groups (broad SMARTS) is 1. The molecule has 0 saturated heterocycles. The minimum absolute atomic E-state index is 0.00661. The van der Waals surface area contributed by atoms with Crippen molar-refractivity contribution >= 4 is 27.6 Å². The number of carbonyl (C=O) groups is 1. The molecule has 104 valence electrons. The molecule has 2 aromatic rings. The summed E-state index contributed by atoms with van der Waals surface area (Å²) in [5.41, 5.74) is 5.79. The Morgan fingerprint density at radius 1 is 1.20 bits per heavy atom. The molecule has 0 aromatic heterocycles. The molecule has 0 spiro atoms. The number of carboxylic acids is 1. The molecule has 0 heterocycles. The number of methoxy groups -OCH3 is 1. The van der Waals surface area contributed by atoms with Gasteiger partial charge >= 0.3 is 5.97 Å². The number of benzene rings is 2. The van der Waals surface area contributed by atoms with Crippen LogP contribution in [0.15, 0.2) is 40.9 Å². The molecule has 2 rings (SSSR count). The van der Waals surface area contributed by atoms with E-state index in [-0.39, 0.29) is 11.3 Å². The molecule has 3 N–H and O–H groups in total. The average Bonchev–Trinajstić information content (AvgIpc) is 2.42. The van der Waals surface area contributed by atoms with Crippen LogP contribution in [-0.4, -0.2) is 18.2 Å². The second-order valence-corrected chi connectivity index (χ2v) is 4.81. The van der Waals surface area contributed by atoms with E-state index in [0.29, 0.717) is 21.7 Å². The van der Waals surface area contributed by atoms with Gasteiger partial charge in [0.15, 0.2) is 0 Å². The Morgan fingerprint density at radius 2 is 1.90 bits per heavy atom. The van der Waals surface area contributed by atoms with Gasteiger partial charge < -0.3 is 20.3 Å². The molecular formula is C14H12BrNO4. The fourth-order valence-electron chi connectivity index (χ4n) is 1.60. The van der Waals surface area contributed by atoms with Gasteiger partial charge in [-0.1, -0.05) is 0 Å². The van der Waals surface area contributed by atoms with E-state index in [1.165, 1.54) is 12.1 Å². The van der Waals surface area contributed by atoms with Gasteiger partial charge in [-0.25, -0.2) is 4.79 Å². The normalized spacial score (nSPS) is 10.1. The number of ether oxygens (including phenoxy) is 2. The van der Waals surface area contributed by atoms with Crippen molar-refractivity contribution in [1.29, 1.82) is 0 Å². The third kappa shape index (κ3) is 3.03. The molecule has 0 radical (unpaired) electrons. The van der Waals surface area contributed by atoms with Crippen molar-refractivity contribution in [1.82, 2.24) is 0 Å². The minimum atomic E-state index is -1.10. The third-order valence-corrected chi connectivity index (χ3v) is 3.24. The molecule has 6 heteroatoms. The van der Waals surface area contributed by atoms with Crippen molar-refractivity contribution in [2.45, 2.75) is 0 Å². The van der Waals surface area contributed by atoms with E-state index in [1.807, 2.05) is 0 Å². The zero-order chi connectivity index (χ0) is 14.7. The molecule has 0 aliphatic heterocycles. The highest BCUT2D eigenvalue weighted by Gasteiger charge is 2.11. The second-order valence-electron chi connectivity index (χ2n) is 3.95. The fraction of sp³-hybridized carbons (Fsp3) is 0.0714. The SMILES string of the molecule is COc1ccc(Oc2ccc(N)c(C(=O)O)c2)c(Br)c1. The maximum atomic E-state index is 11.0. The van der Waals surface area contributed by atoms with Gasteiger partial charge in [0.05, 0.1) is 17.1 Å². The molecule has 0 unspecified atom stereocenters. The van der Waals surface area contributed by atoms with Gasteiger partial charge in [0, 0.05) is 5.69 Å². The predicted molar refractivity (Wildman–Crippen MR) is 78.6 cm³/mol. The van der Waals surface area contributed by atoms with Crippen molar-refractivity contribution in [2.75, 3.05) is 12.8 Å². The van der Waals surface area contributed by atoms with Crippen LogP contribution in [0.2, 0.25) is 0 Å². The Labute approximate surface area is 124 Å². The number of nitrogens with two attached hydrogens (primary N) is 1. The highest BCUT2D eigenvalue weighted by molar-refractivity contribution is 9.10. The van der Waals surface area contributed by atoms with Crippen molar-refractivity contribution in [2.24, 2.45) is 0 Å². The second kappa shape index (κ2) is 5.83. The van der Waals surface area contributed by atoms with E-state index in [2.05, 4.69) is 15.9 Å². The van der Waals surface area contributed by atoms with Gasteiger partial charge in [-0.2, -0.15) is 0 Å². The average molecular weight is 338 g/mol. The van der Waals surface area contributed by atoms with Crippen LogP contribution in [0.1, 0.15) is 10.4 Å². The number of aromatic carboxylic acids is 1. The van der Waals surface area contributed by atoms with Crippen LogP contribution in [-0.2, 0) is 0 Å². The molecule has 0 saturated carbocycles. The van der Waals surface area contributed by atoms with Crippen LogP contribution in [0.25, 0.3) is 0 Å². The van der Waals surface area contributed by atoms with Gasteiger partial charge in [-0.15, -0.1) is 0 Å². The summed E-state index contributed by atoms with van der Waals surface area (Å²) in [4.78, 5) is 11.0. The Bertz CT molecular complexity index is 658. The summed E-state index contributed by atoms with van der Waals surface area (Å²) in [6.45, 7) is 0. The summed E-state index contributed by atoms with van der Waals surface area (Å²) >= 11 is 3.36.